The number of carbonyl (C=O) groups excluding carboxylic acids is 1. The minimum Gasteiger partial charge on any atom is -0.350 e. The van der Waals surface area contributed by atoms with Crippen molar-refractivity contribution in [1.29, 1.82) is 0 Å². The van der Waals surface area contributed by atoms with Crippen LogP contribution in [0.25, 0.3) is 10.2 Å². The number of carbonyl (C=O) groups is 1. The van der Waals surface area contributed by atoms with E-state index in [1.807, 2.05) is 19.1 Å². The Bertz CT molecular complexity index is 1030. The summed E-state index contributed by atoms with van der Waals surface area (Å²) in [5, 5.41) is 3.73. The summed E-state index contributed by atoms with van der Waals surface area (Å²) >= 11 is 1.64. The van der Waals surface area contributed by atoms with Crippen LogP contribution < -0.4 is 10.9 Å². The number of nitrogens with zero attached hydrogens (tertiary/aromatic N) is 3. The number of pyridine rings is 1. The molecule has 0 saturated carbocycles. The van der Waals surface area contributed by atoms with Gasteiger partial charge in [0.2, 0.25) is 5.91 Å². The Labute approximate surface area is 161 Å². The Hall–Kier alpha value is -2.54. The third-order valence-electron chi connectivity index (χ3n) is 5.11. The van der Waals surface area contributed by atoms with Crippen molar-refractivity contribution >= 4 is 27.5 Å². The van der Waals surface area contributed by atoms with E-state index < -0.39 is 0 Å². The number of rotatable bonds is 5. The van der Waals surface area contributed by atoms with Crippen molar-refractivity contribution in [3.8, 4) is 0 Å². The van der Waals surface area contributed by atoms with Gasteiger partial charge in [0.15, 0.2) is 0 Å². The third-order valence-corrected chi connectivity index (χ3v) is 6.30. The molecule has 7 heteroatoms. The molecule has 0 bridgehead atoms. The molecule has 27 heavy (non-hydrogen) atoms. The van der Waals surface area contributed by atoms with Gasteiger partial charge in [0.05, 0.1) is 17.8 Å². The Morgan fingerprint density at radius 2 is 2.07 bits per heavy atom. The van der Waals surface area contributed by atoms with E-state index in [0.29, 0.717) is 6.54 Å². The predicted octanol–water partition coefficient (Wildman–Crippen LogP) is 3.00. The first-order chi connectivity index (χ1) is 13.1. The first-order valence-electron chi connectivity index (χ1n) is 9.32. The van der Waals surface area contributed by atoms with E-state index in [0.717, 1.165) is 35.0 Å². The number of hydrogen-bond donors (Lipinski definition) is 1. The lowest BCUT2D eigenvalue weighted by molar-refractivity contribution is -0.121. The Balaban J connectivity index is 1.47. The lowest BCUT2D eigenvalue weighted by atomic mass is 9.97. The van der Waals surface area contributed by atoms with E-state index >= 15 is 0 Å². The van der Waals surface area contributed by atoms with Gasteiger partial charge in [-0.3, -0.25) is 19.1 Å². The fourth-order valence-corrected chi connectivity index (χ4v) is 4.83. The maximum atomic E-state index is 12.9. The average molecular weight is 382 g/mol. The monoisotopic (exact) mass is 382 g/mol. The van der Waals surface area contributed by atoms with Crippen LogP contribution in [-0.4, -0.2) is 20.4 Å². The van der Waals surface area contributed by atoms with Crippen molar-refractivity contribution in [3.05, 3.63) is 57.2 Å². The van der Waals surface area contributed by atoms with E-state index in [-0.39, 0.29) is 23.9 Å². The summed E-state index contributed by atoms with van der Waals surface area (Å²) < 4.78 is 1.57. The van der Waals surface area contributed by atoms with Crippen LogP contribution in [0, 0.1) is 0 Å². The van der Waals surface area contributed by atoms with Gasteiger partial charge in [-0.15, -0.1) is 11.3 Å². The van der Waals surface area contributed by atoms with Crippen LogP contribution in [0.3, 0.4) is 0 Å². The van der Waals surface area contributed by atoms with Crippen LogP contribution in [0.4, 0.5) is 0 Å². The molecule has 6 nitrogen and oxygen atoms in total. The highest BCUT2D eigenvalue weighted by molar-refractivity contribution is 7.18. The van der Waals surface area contributed by atoms with Crippen LogP contribution in [0.15, 0.2) is 35.6 Å². The highest BCUT2D eigenvalue weighted by atomic mass is 32.1. The standard InChI is InChI=1S/C20H22N4O2S/c1-13(14-6-9-21-10-7-14)23-17(25)8-11-24-12-22-19-18(20(24)26)15-4-2-3-5-16(15)27-19/h6-7,9-10,12-13H,2-5,8,11H2,1H3,(H,23,25)/t13-/m1/s1. The summed E-state index contributed by atoms with van der Waals surface area (Å²) in [6.45, 7) is 2.27. The molecule has 1 atom stereocenters. The van der Waals surface area contributed by atoms with Crippen molar-refractivity contribution in [3.63, 3.8) is 0 Å². The topological polar surface area (TPSA) is 76.9 Å². The summed E-state index contributed by atoms with van der Waals surface area (Å²) in [6.07, 6.45) is 9.55. The predicted molar refractivity (Wildman–Crippen MR) is 106 cm³/mol. The highest BCUT2D eigenvalue weighted by Gasteiger charge is 2.20. The molecule has 4 rings (SSSR count). The number of hydrogen-bond acceptors (Lipinski definition) is 5. The van der Waals surface area contributed by atoms with Gasteiger partial charge in [0.1, 0.15) is 4.83 Å². The molecule has 3 heterocycles. The minimum atomic E-state index is -0.0956. The second kappa shape index (κ2) is 7.60. The number of aryl methyl sites for hydroxylation is 3. The number of amides is 1. The zero-order valence-electron chi connectivity index (χ0n) is 15.3. The summed E-state index contributed by atoms with van der Waals surface area (Å²) in [4.78, 5) is 35.8. The molecule has 0 spiro atoms. The average Bonchev–Trinajstić information content (AvgIpc) is 3.07. The Morgan fingerprint density at radius 3 is 2.89 bits per heavy atom. The molecule has 0 fully saturated rings. The van der Waals surface area contributed by atoms with Gasteiger partial charge in [-0.1, -0.05) is 0 Å². The van der Waals surface area contributed by atoms with Gasteiger partial charge in [0, 0.05) is 30.2 Å². The summed E-state index contributed by atoms with van der Waals surface area (Å²) in [6, 6.07) is 3.67. The van der Waals surface area contributed by atoms with Crippen LogP contribution in [0.2, 0.25) is 0 Å². The molecule has 140 valence electrons. The largest absolute Gasteiger partial charge is 0.350 e. The number of fused-ring (bicyclic) bond motifs is 3. The van der Waals surface area contributed by atoms with E-state index in [1.165, 1.54) is 16.9 Å². The molecule has 0 aliphatic heterocycles. The zero-order chi connectivity index (χ0) is 18.8. The molecule has 1 aliphatic carbocycles. The van der Waals surface area contributed by atoms with E-state index in [2.05, 4.69) is 15.3 Å². The van der Waals surface area contributed by atoms with Gasteiger partial charge in [-0.25, -0.2) is 4.98 Å². The fourth-order valence-electron chi connectivity index (χ4n) is 3.61. The molecule has 1 N–H and O–H groups in total. The van der Waals surface area contributed by atoms with Gasteiger partial charge >= 0.3 is 0 Å². The molecule has 1 aliphatic rings. The normalized spacial score (nSPS) is 14.7. The van der Waals surface area contributed by atoms with Crippen LogP contribution >= 0.6 is 11.3 Å². The highest BCUT2D eigenvalue weighted by Crippen LogP contribution is 2.33. The third kappa shape index (κ3) is 3.64. The number of thiophene rings is 1. The van der Waals surface area contributed by atoms with Crippen LogP contribution in [-0.2, 0) is 24.2 Å². The first-order valence-corrected chi connectivity index (χ1v) is 10.1. The van der Waals surface area contributed by atoms with Crippen molar-refractivity contribution < 1.29 is 4.79 Å². The van der Waals surface area contributed by atoms with Crippen molar-refractivity contribution in [2.24, 2.45) is 0 Å². The molecule has 3 aromatic rings. The second-order valence-corrected chi connectivity index (χ2v) is 8.04. The van der Waals surface area contributed by atoms with Crippen molar-refractivity contribution in [1.82, 2.24) is 19.9 Å². The maximum absolute atomic E-state index is 12.9. The summed E-state index contributed by atoms with van der Waals surface area (Å²) in [5.41, 5.74) is 2.17. The van der Waals surface area contributed by atoms with E-state index in [1.54, 1.807) is 34.6 Å². The molecule has 0 saturated heterocycles. The SMILES string of the molecule is C[C@@H](NC(=O)CCn1cnc2sc3c(c2c1=O)CCCC3)c1ccncc1. The second-order valence-electron chi connectivity index (χ2n) is 6.95. The first kappa shape index (κ1) is 17.9. The lowest BCUT2D eigenvalue weighted by Crippen LogP contribution is -2.29. The van der Waals surface area contributed by atoms with Crippen molar-refractivity contribution in [2.45, 2.75) is 51.6 Å². The Kier molecular flexibility index (Phi) is 5.03. The van der Waals surface area contributed by atoms with Crippen molar-refractivity contribution in [2.75, 3.05) is 0 Å². The maximum Gasteiger partial charge on any atom is 0.262 e. The molecule has 0 radical (unpaired) electrons. The minimum absolute atomic E-state index is 0.0191. The zero-order valence-corrected chi connectivity index (χ0v) is 16.1. The van der Waals surface area contributed by atoms with Gasteiger partial charge in [0.25, 0.3) is 5.56 Å². The summed E-state index contributed by atoms with van der Waals surface area (Å²) in [7, 11) is 0. The Morgan fingerprint density at radius 1 is 1.30 bits per heavy atom. The number of aromatic nitrogens is 3. The summed E-state index contributed by atoms with van der Waals surface area (Å²) in [5.74, 6) is -0.0846. The molecule has 0 aromatic carbocycles. The van der Waals surface area contributed by atoms with Gasteiger partial charge in [-0.2, -0.15) is 0 Å². The lowest BCUT2D eigenvalue weighted by Gasteiger charge is -2.14. The van der Waals surface area contributed by atoms with E-state index in [9.17, 15) is 9.59 Å². The molecular formula is C20H22N4O2S. The smallest absolute Gasteiger partial charge is 0.262 e. The van der Waals surface area contributed by atoms with Gasteiger partial charge < -0.3 is 5.32 Å². The van der Waals surface area contributed by atoms with Crippen LogP contribution in [0.1, 0.15) is 48.2 Å². The van der Waals surface area contributed by atoms with Crippen LogP contribution in [0.5, 0.6) is 0 Å². The molecule has 1 amide bonds. The van der Waals surface area contributed by atoms with E-state index in [4.69, 9.17) is 0 Å². The quantitative estimate of drug-likeness (QED) is 0.736. The molecule has 0 unspecified atom stereocenters. The molecule has 3 aromatic heterocycles. The van der Waals surface area contributed by atoms with Gasteiger partial charge in [-0.05, 0) is 55.9 Å². The number of nitrogens with one attached hydrogen (secondary N) is 1. The molecular weight excluding hydrogens is 360 g/mol. The fraction of sp³-hybridized carbons (Fsp3) is 0.400.